The Balaban J connectivity index is 2.32. The fourth-order valence-electron chi connectivity index (χ4n) is 3.28. The van der Waals surface area contributed by atoms with Crippen molar-refractivity contribution in [1.29, 1.82) is 0 Å². The number of hydrogen-bond acceptors (Lipinski definition) is 3. The molecule has 0 radical (unpaired) electrons. The Bertz CT molecular complexity index is 956. The lowest BCUT2D eigenvalue weighted by atomic mass is 9.99. The molecule has 0 atom stereocenters. The monoisotopic (exact) mass is 339 g/mol. The second-order valence-electron chi connectivity index (χ2n) is 6.12. The van der Waals surface area contributed by atoms with Crippen molar-refractivity contribution < 1.29 is 19.4 Å². The molecule has 3 rings (SSSR count). The molecule has 0 unspecified atom stereocenters. The van der Waals surface area contributed by atoms with Crippen LogP contribution in [-0.2, 0) is 11.2 Å². The number of carboxylic acids is 1. The van der Waals surface area contributed by atoms with Crippen LogP contribution in [0.25, 0.3) is 22.2 Å². The van der Waals surface area contributed by atoms with Gasteiger partial charge in [0.15, 0.2) is 0 Å². The summed E-state index contributed by atoms with van der Waals surface area (Å²) in [7, 11) is 3.19. The van der Waals surface area contributed by atoms with E-state index in [1.807, 2.05) is 32.0 Å². The number of hydrogen-bond donors (Lipinski definition) is 2. The van der Waals surface area contributed by atoms with E-state index in [1.165, 1.54) is 0 Å². The van der Waals surface area contributed by atoms with Gasteiger partial charge < -0.3 is 19.6 Å². The summed E-state index contributed by atoms with van der Waals surface area (Å²) in [6.45, 7) is 4.03. The van der Waals surface area contributed by atoms with Gasteiger partial charge >= 0.3 is 5.97 Å². The first-order valence-electron chi connectivity index (χ1n) is 8.00. The second-order valence-corrected chi connectivity index (χ2v) is 6.12. The Hall–Kier alpha value is -2.95. The molecule has 2 aromatic carbocycles. The number of aryl methyl sites for hydroxylation is 2. The minimum absolute atomic E-state index is 0.0621. The third-order valence-electron chi connectivity index (χ3n) is 4.36. The zero-order chi connectivity index (χ0) is 18.1. The van der Waals surface area contributed by atoms with E-state index in [1.54, 1.807) is 20.3 Å². The summed E-state index contributed by atoms with van der Waals surface area (Å²) in [6, 6.07) is 9.63. The molecule has 0 saturated carbocycles. The minimum atomic E-state index is -0.867. The predicted molar refractivity (Wildman–Crippen MR) is 97.7 cm³/mol. The van der Waals surface area contributed by atoms with Crippen LogP contribution in [0, 0.1) is 13.8 Å². The quantitative estimate of drug-likeness (QED) is 0.734. The highest BCUT2D eigenvalue weighted by molar-refractivity contribution is 5.96. The Morgan fingerprint density at radius 2 is 1.88 bits per heavy atom. The summed E-state index contributed by atoms with van der Waals surface area (Å²) in [5, 5.41) is 10.3. The number of nitrogens with one attached hydrogen (secondary N) is 1. The first kappa shape index (κ1) is 16.9. The molecule has 2 N–H and O–H groups in total. The van der Waals surface area contributed by atoms with E-state index >= 15 is 0 Å². The van der Waals surface area contributed by atoms with E-state index in [0.29, 0.717) is 11.5 Å². The zero-order valence-electron chi connectivity index (χ0n) is 14.8. The van der Waals surface area contributed by atoms with Gasteiger partial charge in [0.2, 0.25) is 0 Å². The maximum atomic E-state index is 11.5. The molecule has 1 heterocycles. The Morgan fingerprint density at radius 3 is 2.52 bits per heavy atom. The van der Waals surface area contributed by atoms with Crippen LogP contribution in [0.2, 0.25) is 0 Å². The maximum Gasteiger partial charge on any atom is 0.307 e. The number of fused-ring (bicyclic) bond motifs is 1. The van der Waals surface area contributed by atoms with Gasteiger partial charge in [-0.05, 0) is 43.2 Å². The number of aliphatic carboxylic acids is 1. The smallest absolute Gasteiger partial charge is 0.307 e. The third kappa shape index (κ3) is 3.05. The van der Waals surface area contributed by atoms with Gasteiger partial charge in [0.25, 0.3) is 0 Å². The van der Waals surface area contributed by atoms with Gasteiger partial charge in [-0.15, -0.1) is 0 Å². The van der Waals surface area contributed by atoms with Crippen molar-refractivity contribution in [2.75, 3.05) is 14.2 Å². The van der Waals surface area contributed by atoms with Gasteiger partial charge in [0, 0.05) is 22.5 Å². The molecule has 0 amide bonds. The SMILES string of the molecule is COc1ccc(-c2[nH]c3c(C)cc(C)cc3c2CC(=O)O)c(OC)c1. The molecule has 0 fully saturated rings. The standard InChI is InChI=1S/C20H21NO4/c1-11-7-12(2)19-15(8-11)16(10-18(22)23)20(21-19)14-6-5-13(24-3)9-17(14)25-4/h5-9,21H,10H2,1-4H3,(H,22,23). The van der Waals surface area contributed by atoms with Crippen LogP contribution in [0.4, 0.5) is 0 Å². The van der Waals surface area contributed by atoms with Crippen LogP contribution in [-0.4, -0.2) is 30.3 Å². The lowest BCUT2D eigenvalue weighted by Crippen LogP contribution is -2.01. The van der Waals surface area contributed by atoms with Crippen LogP contribution >= 0.6 is 0 Å². The van der Waals surface area contributed by atoms with E-state index in [9.17, 15) is 9.90 Å². The zero-order valence-corrected chi connectivity index (χ0v) is 14.8. The van der Waals surface area contributed by atoms with E-state index in [0.717, 1.165) is 38.9 Å². The molecule has 25 heavy (non-hydrogen) atoms. The molecule has 0 spiro atoms. The largest absolute Gasteiger partial charge is 0.497 e. The molecule has 0 aliphatic carbocycles. The second kappa shape index (κ2) is 6.51. The number of ether oxygens (including phenoxy) is 2. The van der Waals surface area contributed by atoms with Gasteiger partial charge in [-0.25, -0.2) is 0 Å². The van der Waals surface area contributed by atoms with E-state index in [-0.39, 0.29) is 6.42 Å². The summed E-state index contributed by atoms with van der Waals surface area (Å²) in [5.41, 5.74) is 5.48. The van der Waals surface area contributed by atoms with Gasteiger partial charge in [-0.2, -0.15) is 0 Å². The van der Waals surface area contributed by atoms with Gasteiger partial charge in [-0.1, -0.05) is 11.6 Å². The van der Waals surface area contributed by atoms with E-state index in [4.69, 9.17) is 9.47 Å². The molecule has 3 aromatic rings. The van der Waals surface area contributed by atoms with Gasteiger partial charge in [0.1, 0.15) is 11.5 Å². The number of aromatic amines is 1. The molecule has 0 saturated heterocycles. The lowest BCUT2D eigenvalue weighted by Gasteiger charge is -2.11. The highest BCUT2D eigenvalue weighted by Gasteiger charge is 2.20. The van der Waals surface area contributed by atoms with Crippen LogP contribution in [0.3, 0.4) is 0 Å². The minimum Gasteiger partial charge on any atom is -0.497 e. The van der Waals surface area contributed by atoms with Crippen molar-refractivity contribution in [3.63, 3.8) is 0 Å². The first-order chi connectivity index (χ1) is 11.9. The van der Waals surface area contributed by atoms with Crippen LogP contribution in [0.1, 0.15) is 16.7 Å². The fourth-order valence-corrected chi connectivity index (χ4v) is 3.28. The molecule has 1 aromatic heterocycles. The highest BCUT2D eigenvalue weighted by Crippen LogP contribution is 2.39. The van der Waals surface area contributed by atoms with Gasteiger partial charge in [0.05, 0.1) is 26.3 Å². The molecule has 0 aliphatic heterocycles. The molecular formula is C20H21NO4. The van der Waals surface area contributed by atoms with Crippen LogP contribution in [0.5, 0.6) is 11.5 Å². The Kier molecular flexibility index (Phi) is 4.40. The lowest BCUT2D eigenvalue weighted by molar-refractivity contribution is -0.136. The van der Waals surface area contributed by atoms with Crippen molar-refractivity contribution in [2.24, 2.45) is 0 Å². The van der Waals surface area contributed by atoms with Crippen molar-refractivity contribution >= 4 is 16.9 Å². The summed E-state index contributed by atoms with van der Waals surface area (Å²) in [6.07, 6.45) is -0.0621. The molecule has 0 bridgehead atoms. The van der Waals surface area contributed by atoms with Crippen molar-refractivity contribution in [2.45, 2.75) is 20.3 Å². The average molecular weight is 339 g/mol. The molecule has 5 heteroatoms. The Morgan fingerprint density at radius 1 is 1.12 bits per heavy atom. The number of carbonyl (C=O) groups is 1. The average Bonchev–Trinajstić information content (AvgIpc) is 2.92. The van der Waals surface area contributed by atoms with Crippen molar-refractivity contribution in [3.05, 3.63) is 47.0 Å². The normalized spacial score (nSPS) is 10.9. The topological polar surface area (TPSA) is 71.6 Å². The third-order valence-corrected chi connectivity index (χ3v) is 4.36. The number of aromatic nitrogens is 1. The summed E-state index contributed by atoms with van der Waals surface area (Å²) in [5.74, 6) is 0.448. The number of benzene rings is 2. The van der Waals surface area contributed by atoms with Crippen molar-refractivity contribution in [1.82, 2.24) is 4.98 Å². The van der Waals surface area contributed by atoms with Crippen molar-refractivity contribution in [3.8, 4) is 22.8 Å². The molecule has 0 aliphatic rings. The van der Waals surface area contributed by atoms with Crippen LogP contribution in [0.15, 0.2) is 30.3 Å². The molecule has 5 nitrogen and oxygen atoms in total. The highest BCUT2D eigenvalue weighted by atomic mass is 16.5. The maximum absolute atomic E-state index is 11.5. The van der Waals surface area contributed by atoms with E-state index in [2.05, 4.69) is 11.1 Å². The summed E-state index contributed by atoms with van der Waals surface area (Å²) >= 11 is 0. The molecule has 130 valence electrons. The number of methoxy groups -OCH3 is 2. The summed E-state index contributed by atoms with van der Waals surface area (Å²) in [4.78, 5) is 14.9. The van der Waals surface area contributed by atoms with Crippen LogP contribution < -0.4 is 9.47 Å². The number of rotatable bonds is 5. The predicted octanol–water partition coefficient (Wildman–Crippen LogP) is 4.10. The van der Waals surface area contributed by atoms with Gasteiger partial charge in [-0.3, -0.25) is 4.79 Å². The fraction of sp³-hybridized carbons (Fsp3) is 0.250. The first-order valence-corrected chi connectivity index (χ1v) is 8.00. The number of carboxylic acid groups (broad SMARTS) is 1. The Labute approximate surface area is 146 Å². The number of H-pyrrole nitrogens is 1. The summed E-state index contributed by atoms with van der Waals surface area (Å²) < 4.78 is 10.8. The van der Waals surface area contributed by atoms with E-state index < -0.39 is 5.97 Å². The molecular weight excluding hydrogens is 318 g/mol.